The van der Waals surface area contributed by atoms with E-state index in [9.17, 15) is 9.59 Å². The molecule has 0 saturated heterocycles. The highest BCUT2D eigenvalue weighted by Crippen LogP contribution is 2.23. The summed E-state index contributed by atoms with van der Waals surface area (Å²) in [5.41, 5.74) is 3.62. The molecule has 2 aromatic carbocycles. The summed E-state index contributed by atoms with van der Waals surface area (Å²) < 4.78 is 1.54. The number of tetrazole rings is 1. The van der Waals surface area contributed by atoms with Crippen molar-refractivity contribution in [1.82, 2.24) is 40.8 Å². The monoisotopic (exact) mass is 558 g/mol. The molecule has 0 aliphatic heterocycles. The molecule has 0 aliphatic rings. The second-order valence-electron chi connectivity index (χ2n) is 8.56. The number of thiazole rings is 1. The lowest BCUT2D eigenvalue weighted by Gasteiger charge is -2.18. The fourth-order valence-electron chi connectivity index (χ4n) is 3.98. The van der Waals surface area contributed by atoms with E-state index >= 15 is 0 Å². The van der Waals surface area contributed by atoms with Gasteiger partial charge in [-0.1, -0.05) is 41.9 Å². The summed E-state index contributed by atoms with van der Waals surface area (Å²) in [6, 6.07) is 17.8. The van der Waals surface area contributed by atoms with E-state index in [4.69, 9.17) is 11.6 Å². The normalized spacial score (nSPS) is 11.6. The molecule has 0 spiro atoms. The van der Waals surface area contributed by atoms with Crippen molar-refractivity contribution in [3.8, 4) is 16.3 Å². The van der Waals surface area contributed by atoms with Gasteiger partial charge in [-0.2, -0.15) is 0 Å². The largest absolute Gasteiger partial charge is 0.354 e. The highest BCUT2D eigenvalue weighted by Gasteiger charge is 2.23. The predicted octanol–water partition coefficient (Wildman–Crippen LogP) is 3.53. The van der Waals surface area contributed by atoms with Gasteiger partial charge in [0.25, 0.3) is 5.91 Å². The highest BCUT2D eigenvalue weighted by molar-refractivity contribution is 7.13. The van der Waals surface area contributed by atoms with Gasteiger partial charge in [-0.3, -0.25) is 14.6 Å². The second kappa shape index (κ2) is 12.4. The Bertz CT molecular complexity index is 1540. The van der Waals surface area contributed by atoms with Gasteiger partial charge in [0.2, 0.25) is 5.91 Å². The molecule has 0 aliphatic carbocycles. The maximum atomic E-state index is 13.3. The lowest BCUT2D eigenvalue weighted by molar-refractivity contribution is -0.122. The van der Waals surface area contributed by atoms with Crippen LogP contribution in [-0.2, 0) is 17.6 Å². The fraction of sp³-hybridized carbons (Fsp3) is 0.148. The number of nitrogens with one attached hydrogen (secondary N) is 2. The van der Waals surface area contributed by atoms with Gasteiger partial charge in [-0.05, 0) is 58.3 Å². The van der Waals surface area contributed by atoms with Crippen LogP contribution in [0.15, 0.2) is 84.8 Å². The molecule has 5 rings (SSSR count). The Balaban J connectivity index is 1.28. The van der Waals surface area contributed by atoms with Crippen LogP contribution in [0, 0.1) is 0 Å². The number of carbonyl (C=O) groups is 2. The van der Waals surface area contributed by atoms with E-state index in [1.165, 1.54) is 17.7 Å². The Labute approximate surface area is 233 Å². The van der Waals surface area contributed by atoms with Crippen LogP contribution in [0.4, 0.5) is 0 Å². The van der Waals surface area contributed by atoms with Crippen LogP contribution in [0.1, 0.15) is 21.6 Å². The van der Waals surface area contributed by atoms with Gasteiger partial charge in [0.1, 0.15) is 23.1 Å². The molecule has 0 radical (unpaired) electrons. The first kappa shape index (κ1) is 26.1. The number of pyridine rings is 1. The minimum absolute atomic E-state index is 0.245. The van der Waals surface area contributed by atoms with Crippen LogP contribution < -0.4 is 10.6 Å². The number of hydrogen-bond acceptors (Lipinski definition) is 8. The minimum atomic E-state index is -0.804. The first-order valence-electron chi connectivity index (χ1n) is 12.1. The third kappa shape index (κ3) is 6.70. The topological polar surface area (TPSA) is 128 Å². The summed E-state index contributed by atoms with van der Waals surface area (Å²) in [6.45, 7) is 0.317. The minimum Gasteiger partial charge on any atom is -0.354 e. The average Bonchev–Trinajstić information content (AvgIpc) is 3.67. The van der Waals surface area contributed by atoms with E-state index < -0.39 is 11.9 Å². The summed E-state index contributed by atoms with van der Waals surface area (Å²) >= 11 is 7.56. The number of nitrogens with zero attached hydrogens (tertiary/aromatic N) is 6. The number of aromatic nitrogens is 6. The van der Waals surface area contributed by atoms with Gasteiger partial charge in [0.05, 0.1) is 5.69 Å². The van der Waals surface area contributed by atoms with E-state index in [0.717, 1.165) is 22.4 Å². The zero-order valence-electron chi connectivity index (χ0n) is 20.6. The summed E-state index contributed by atoms with van der Waals surface area (Å²) in [5, 5.41) is 20.1. The molecule has 10 nitrogen and oxygen atoms in total. The van der Waals surface area contributed by atoms with Crippen molar-refractivity contribution in [3.63, 3.8) is 0 Å². The lowest BCUT2D eigenvalue weighted by atomic mass is 10.0. The van der Waals surface area contributed by atoms with Gasteiger partial charge < -0.3 is 10.6 Å². The zero-order valence-corrected chi connectivity index (χ0v) is 22.1. The molecule has 0 saturated carbocycles. The van der Waals surface area contributed by atoms with Gasteiger partial charge in [0, 0.05) is 41.3 Å². The van der Waals surface area contributed by atoms with Gasteiger partial charge in [0.15, 0.2) is 0 Å². The van der Waals surface area contributed by atoms with Crippen molar-refractivity contribution in [3.05, 3.63) is 107 Å². The molecule has 3 aromatic heterocycles. The van der Waals surface area contributed by atoms with Crippen LogP contribution >= 0.6 is 22.9 Å². The van der Waals surface area contributed by atoms with Crippen LogP contribution in [0.25, 0.3) is 16.3 Å². The standard InChI is InChI=1S/C27H23ClN8O2S/c28-21-8-9-24(36-17-31-34-35-36)19(14-21)10-12-30-25(37)22(13-18-5-2-1-3-6-18)32-26(38)23-16-39-27(33-23)20-7-4-11-29-15-20/h1-9,11,14-17,22H,10,12-13H2,(H,30,37)(H,32,38)/t22-/m0/s1. The van der Waals surface area contributed by atoms with Crippen molar-refractivity contribution in [2.45, 2.75) is 18.9 Å². The Morgan fingerprint density at radius 1 is 1.08 bits per heavy atom. The number of benzene rings is 2. The van der Waals surface area contributed by atoms with E-state index in [1.54, 1.807) is 28.5 Å². The molecule has 2 amide bonds. The third-order valence-corrected chi connectivity index (χ3v) is 7.01. The molecule has 39 heavy (non-hydrogen) atoms. The van der Waals surface area contributed by atoms with Crippen molar-refractivity contribution in [2.24, 2.45) is 0 Å². The van der Waals surface area contributed by atoms with Crippen LogP contribution in [0.5, 0.6) is 0 Å². The first-order chi connectivity index (χ1) is 19.1. The smallest absolute Gasteiger partial charge is 0.271 e. The highest BCUT2D eigenvalue weighted by atomic mass is 35.5. The molecule has 0 bridgehead atoms. The summed E-state index contributed by atoms with van der Waals surface area (Å²) in [5.74, 6) is -0.728. The molecule has 12 heteroatoms. The summed E-state index contributed by atoms with van der Waals surface area (Å²) in [4.78, 5) is 35.0. The number of carbonyl (C=O) groups excluding carboxylic acids is 2. The lowest BCUT2D eigenvalue weighted by Crippen LogP contribution is -2.48. The zero-order chi connectivity index (χ0) is 27.0. The van der Waals surface area contributed by atoms with Crippen molar-refractivity contribution < 1.29 is 9.59 Å². The van der Waals surface area contributed by atoms with Crippen LogP contribution in [0.2, 0.25) is 5.02 Å². The molecule has 5 aromatic rings. The maximum Gasteiger partial charge on any atom is 0.271 e. The molecule has 196 valence electrons. The van der Waals surface area contributed by atoms with Gasteiger partial charge >= 0.3 is 0 Å². The van der Waals surface area contributed by atoms with E-state index in [0.29, 0.717) is 29.4 Å². The molecule has 1 atom stereocenters. The number of hydrogen-bond donors (Lipinski definition) is 2. The quantitative estimate of drug-likeness (QED) is 0.268. The first-order valence-corrected chi connectivity index (χ1v) is 13.3. The SMILES string of the molecule is O=C(N[C@@H](Cc1ccccc1)C(=O)NCCc1cc(Cl)ccc1-n1cnnn1)c1csc(-c2cccnc2)n1. The Kier molecular flexibility index (Phi) is 8.29. The fourth-order valence-corrected chi connectivity index (χ4v) is 4.97. The van der Waals surface area contributed by atoms with Gasteiger partial charge in [-0.15, -0.1) is 16.4 Å². The Hall–Kier alpha value is -4.48. The number of amides is 2. The number of halogens is 1. The van der Waals surface area contributed by atoms with Crippen LogP contribution in [0.3, 0.4) is 0 Å². The third-order valence-electron chi connectivity index (χ3n) is 5.88. The van der Waals surface area contributed by atoms with Gasteiger partial charge in [-0.25, -0.2) is 9.67 Å². The average molecular weight is 559 g/mol. The van der Waals surface area contributed by atoms with Crippen LogP contribution in [-0.4, -0.2) is 54.6 Å². The van der Waals surface area contributed by atoms with Crippen molar-refractivity contribution >= 4 is 34.8 Å². The summed E-state index contributed by atoms with van der Waals surface area (Å²) in [7, 11) is 0. The molecule has 3 heterocycles. The molecule has 0 unspecified atom stereocenters. The molecule has 0 fully saturated rings. The maximum absolute atomic E-state index is 13.3. The Morgan fingerprint density at radius 2 is 1.95 bits per heavy atom. The molecule has 2 N–H and O–H groups in total. The number of rotatable bonds is 10. The predicted molar refractivity (Wildman–Crippen MR) is 148 cm³/mol. The van der Waals surface area contributed by atoms with E-state index in [2.05, 4.69) is 36.1 Å². The Morgan fingerprint density at radius 3 is 2.72 bits per heavy atom. The molecular weight excluding hydrogens is 536 g/mol. The summed E-state index contributed by atoms with van der Waals surface area (Å²) in [6.07, 6.45) is 5.67. The van der Waals surface area contributed by atoms with E-state index in [-0.39, 0.29) is 11.6 Å². The van der Waals surface area contributed by atoms with Crippen molar-refractivity contribution in [2.75, 3.05) is 6.54 Å². The molecular formula is C27H23ClN8O2S. The second-order valence-corrected chi connectivity index (χ2v) is 9.86. The van der Waals surface area contributed by atoms with Crippen molar-refractivity contribution in [1.29, 1.82) is 0 Å². The van der Waals surface area contributed by atoms with E-state index in [1.807, 2.05) is 54.6 Å².